The zero-order valence-corrected chi connectivity index (χ0v) is 17.3. The van der Waals surface area contributed by atoms with Gasteiger partial charge in [0, 0.05) is 19.3 Å². The Morgan fingerprint density at radius 1 is 1.03 bits per heavy atom. The molecule has 29 heavy (non-hydrogen) atoms. The molecule has 0 aliphatic rings. The number of nitrogens with one attached hydrogen (secondary N) is 1. The minimum absolute atomic E-state index is 0.0678. The number of hydrogen-bond acceptors (Lipinski definition) is 4. The van der Waals surface area contributed by atoms with Gasteiger partial charge in [-0.25, -0.2) is 13.6 Å². The Labute approximate surface area is 171 Å². The van der Waals surface area contributed by atoms with Crippen molar-refractivity contribution in [1.82, 2.24) is 5.32 Å². The highest BCUT2D eigenvalue weighted by Crippen LogP contribution is 2.22. The maximum Gasteiger partial charge on any atom is 0.242 e. The smallest absolute Gasteiger partial charge is 0.242 e. The molecule has 0 aromatic heterocycles. The lowest BCUT2D eigenvalue weighted by Gasteiger charge is -2.26. The first-order valence-electron chi connectivity index (χ1n) is 9.37. The number of hydrogen-bond donors (Lipinski definition) is 2. The highest BCUT2D eigenvalue weighted by molar-refractivity contribution is 7.89. The fraction of sp³-hybridized carbons (Fsp3) is 0.227. The lowest BCUT2D eigenvalue weighted by molar-refractivity contribution is -0.121. The topological polar surface area (TPSA) is 92.5 Å². The van der Waals surface area contributed by atoms with Crippen LogP contribution in [-0.4, -0.2) is 34.0 Å². The van der Waals surface area contributed by atoms with Crippen molar-refractivity contribution in [2.75, 3.05) is 18.5 Å². The van der Waals surface area contributed by atoms with Gasteiger partial charge in [-0.2, -0.15) is 0 Å². The second kappa shape index (κ2) is 8.63. The number of carbonyl (C=O) groups is 1. The van der Waals surface area contributed by atoms with Crippen molar-refractivity contribution in [2.24, 2.45) is 5.14 Å². The van der Waals surface area contributed by atoms with Gasteiger partial charge in [0.25, 0.3) is 0 Å². The number of rotatable bonds is 7. The highest BCUT2D eigenvalue weighted by Gasteiger charge is 2.18. The van der Waals surface area contributed by atoms with E-state index in [4.69, 9.17) is 5.14 Å². The Hall–Kier alpha value is -2.90. The first kappa shape index (κ1) is 20.8. The Kier molecular flexibility index (Phi) is 6.20. The molecule has 152 valence electrons. The summed E-state index contributed by atoms with van der Waals surface area (Å²) in [6.45, 7) is 2.33. The molecule has 0 saturated heterocycles. The average Bonchev–Trinajstić information content (AvgIpc) is 2.72. The third-order valence-corrected chi connectivity index (χ3v) is 5.99. The molecule has 6 nitrogen and oxygen atoms in total. The van der Waals surface area contributed by atoms with E-state index in [0.29, 0.717) is 13.0 Å². The van der Waals surface area contributed by atoms with Gasteiger partial charge in [0.2, 0.25) is 15.9 Å². The van der Waals surface area contributed by atoms with Crippen LogP contribution in [0.15, 0.2) is 71.6 Å². The van der Waals surface area contributed by atoms with E-state index in [1.54, 1.807) is 12.1 Å². The predicted octanol–water partition coefficient (Wildman–Crippen LogP) is 2.67. The van der Waals surface area contributed by atoms with Crippen LogP contribution >= 0.6 is 0 Å². The van der Waals surface area contributed by atoms with E-state index >= 15 is 0 Å². The van der Waals surface area contributed by atoms with E-state index in [-0.39, 0.29) is 16.8 Å². The summed E-state index contributed by atoms with van der Waals surface area (Å²) in [5, 5.41) is 10.3. The van der Waals surface area contributed by atoms with Crippen molar-refractivity contribution in [2.45, 2.75) is 24.3 Å². The Morgan fingerprint density at radius 2 is 1.69 bits per heavy atom. The van der Waals surface area contributed by atoms with Gasteiger partial charge < -0.3 is 10.2 Å². The maximum atomic E-state index is 12.5. The van der Waals surface area contributed by atoms with Gasteiger partial charge in [-0.3, -0.25) is 4.79 Å². The molecule has 3 aromatic rings. The summed E-state index contributed by atoms with van der Waals surface area (Å²) in [5.74, 6) is -0.0678. The summed E-state index contributed by atoms with van der Waals surface area (Å²) in [4.78, 5) is 14.6. The molecule has 0 fully saturated rings. The fourth-order valence-electron chi connectivity index (χ4n) is 3.12. The number of nitrogens with two attached hydrogens (primary N) is 1. The molecule has 3 aromatic carbocycles. The van der Waals surface area contributed by atoms with Crippen molar-refractivity contribution in [3.63, 3.8) is 0 Å². The van der Waals surface area contributed by atoms with Gasteiger partial charge in [-0.05, 0) is 53.9 Å². The SMILES string of the molecule is CC(C(=O)NCCc1ccc(S(N)(=O)=O)cc1)N(C)c1ccc2ccccc2c1. The van der Waals surface area contributed by atoms with Crippen LogP contribution in [0.1, 0.15) is 12.5 Å². The molecular weight excluding hydrogens is 386 g/mol. The average molecular weight is 412 g/mol. The third kappa shape index (κ3) is 5.13. The molecule has 7 heteroatoms. The van der Waals surface area contributed by atoms with Crippen LogP contribution in [0, 0.1) is 0 Å². The van der Waals surface area contributed by atoms with Crippen molar-refractivity contribution >= 4 is 32.4 Å². The summed E-state index contributed by atoms with van der Waals surface area (Å²) >= 11 is 0. The number of carbonyl (C=O) groups excluding carboxylic acids is 1. The van der Waals surface area contributed by atoms with Crippen LogP contribution < -0.4 is 15.4 Å². The predicted molar refractivity (Wildman–Crippen MR) is 116 cm³/mol. The third-order valence-electron chi connectivity index (χ3n) is 5.07. The maximum absolute atomic E-state index is 12.5. The number of sulfonamides is 1. The van der Waals surface area contributed by atoms with Gasteiger partial charge in [0.15, 0.2) is 0 Å². The Bertz CT molecular complexity index is 1110. The number of amides is 1. The van der Waals surface area contributed by atoms with E-state index in [0.717, 1.165) is 22.0 Å². The van der Waals surface area contributed by atoms with E-state index < -0.39 is 10.0 Å². The minimum Gasteiger partial charge on any atom is -0.363 e. The second-order valence-electron chi connectivity index (χ2n) is 7.05. The molecule has 0 bridgehead atoms. The molecule has 1 amide bonds. The van der Waals surface area contributed by atoms with Crippen LogP contribution in [0.3, 0.4) is 0 Å². The molecule has 0 saturated carbocycles. The zero-order chi connectivity index (χ0) is 21.0. The van der Waals surface area contributed by atoms with Gasteiger partial charge in [0.05, 0.1) is 4.90 Å². The standard InChI is InChI=1S/C22H25N3O3S/c1-16(25(2)20-10-9-18-5-3-4-6-19(18)15-20)22(26)24-14-13-17-7-11-21(12-8-17)29(23,27)28/h3-12,15-16H,13-14H2,1-2H3,(H,24,26)(H2,23,27,28). The molecule has 0 aliphatic heterocycles. The molecule has 0 spiro atoms. The van der Waals surface area contributed by atoms with E-state index in [1.807, 2.05) is 37.1 Å². The normalized spacial score (nSPS) is 12.5. The summed E-state index contributed by atoms with van der Waals surface area (Å²) < 4.78 is 22.6. The van der Waals surface area contributed by atoms with Crippen LogP contribution in [-0.2, 0) is 21.2 Å². The first-order chi connectivity index (χ1) is 13.8. The van der Waals surface area contributed by atoms with Crippen LogP contribution in [0.25, 0.3) is 10.8 Å². The summed E-state index contributed by atoms with van der Waals surface area (Å²) in [6.07, 6.45) is 0.600. The summed E-state index contributed by atoms with van der Waals surface area (Å²) in [5.41, 5.74) is 1.90. The lowest BCUT2D eigenvalue weighted by atomic mass is 10.1. The molecule has 1 atom stereocenters. The van der Waals surface area contributed by atoms with Gasteiger partial charge in [-0.1, -0.05) is 42.5 Å². The molecule has 3 rings (SSSR count). The van der Waals surface area contributed by atoms with E-state index in [1.165, 1.54) is 12.1 Å². The highest BCUT2D eigenvalue weighted by atomic mass is 32.2. The quantitative estimate of drug-likeness (QED) is 0.625. The molecule has 1 unspecified atom stereocenters. The minimum atomic E-state index is -3.69. The van der Waals surface area contributed by atoms with Crippen LogP contribution in [0.2, 0.25) is 0 Å². The molecule has 0 heterocycles. The van der Waals surface area contributed by atoms with Crippen LogP contribution in [0.4, 0.5) is 5.69 Å². The molecular formula is C22H25N3O3S. The molecule has 0 aliphatic carbocycles. The Balaban J connectivity index is 1.56. The monoisotopic (exact) mass is 411 g/mol. The van der Waals surface area contributed by atoms with Crippen LogP contribution in [0.5, 0.6) is 0 Å². The van der Waals surface area contributed by atoms with Gasteiger partial charge >= 0.3 is 0 Å². The largest absolute Gasteiger partial charge is 0.363 e. The fourth-order valence-corrected chi connectivity index (χ4v) is 3.63. The van der Waals surface area contributed by atoms with Crippen molar-refractivity contribution in [3.05, 3.63) is 72.3 Å². The lowest BCUT2D eigenvalue weighted by Crippen LogP contribution is -2.44. The zero-order valence-electron chi connectivity index (χ0n) is 16.5. The van der Waals surface area contributed by atoms with E-state index in [9.17, 15) is 13.2 Å². The summed E-state index contributed by atoms with van der Waals surface area (Å²) in [7, 11) is -1.79. The van der Waals surface area contributed by atoms with Crippen molar-refractivity contribution in [3.8, 4) is 0 Å². The van der Waals surface area contributed by atoms with Crippen molar-refractivity contribution < 1.29 is 13.2 Å². The number of fused-ring (bicyclic) bond motifs is 1. The van der Waals surface area contributed by atoms with E-state index in [2.05, 4.69) is 29.6 Å². The Morgan fingerprint density at radius 3 is 2.34 bits per heavy atom. The number of anilines is 1. The second-order valence-corrected chi connectivity index (χ2v) is 8.61. The number of nitrogens with zero attached hydrogens (tertiary/aromatic N) is 1. The number of primary sulfonamides is 1. The summed E-state index contributed by atoms with van der Waals surface area (Å²) in [6, 6.07) is 20.3. The first-order valence-corrected chi connectivity index (χ1v) is 10.9. The number of likely N-dealkylation sites (N-methyl/N-ethyl adjacent to an activating group) is 1. The van der Waals surface area contributed by atoms with Gasteiger partial charge in [-0.15, -0.1) is 0 Å². The van der Waals surface area contributed by atoms with Crippen molar-refractivity contribution in [1.29, 1.82) is 0 Å². The molecule has 3 N–H and O–H groups in total. The number of benzene rings is 3. The molecule has 0 radical (unpaired) electrons. The van der Waals surface area contributed by atoms with Gasteiger partial charge in [0.1, 0.15) is 6.04 Å².